The highest BCUT2D eigenvalue weighted by Crippen LogP contribution is 2.27. The number of sulfonamides is 1. The Morgan fingerprint density at radius 1 is 1.27 bits per heavy atom. The van der Waals surface area contributed by atoms with E-state index in [1.54, 1.807) is 16.7 Å². The van der Waals surface area contributed by atoms with Crippen molar-refractivity contribution in [2.75, 3.05) is 42.7 Å². The molecule has 0 bridgehead atoms. The second kappa shape index (κ2) is 8.33. The third kappa shape index (κ3) is 4.93. The molecule has 1 aromatic carbocycles. The van der Waals surface area contributed by atoms with Gasteiger partial charge in [-0.25, -0.2) is 17.9 Å². The maximum atomic E-state index is 13.7. The largest absolute Gasteiger partial charge is 0.378 e. The van der Waals surface area contributed by atoms with Crippen LogP contribution in [0.15, 0.2) is 29.4 Å². The minimum Gasteiger partial charge on any atom is -0.378 e. The van der Waals surface area contributed by atoms with Gasteiger partial charge in [0.1, 0.15) is 5.82 Å². The summed E-state index contributed by atoms with van der Waals surface area (Å²) in [5.74, 6) is 0.680. The fourth-order valence-corrected chi connectivity index (χ4v) is 4.20. The lowest BCUT2D eigenvalue weighted by atomic mass is 10.3. The Labute approximate surface area is 155 Å². The highest BCUT2D eigenvalue weighted by molar-refractivity contribution is 7.99. The predicted octanol–water partition coefficient (Wildman–Crippen LogP) is 1.01. The van der Waals surface area contributed by atoms with Gasteiger partial charge in [0.15, 0.2) is 5.16 Å². The predicted molar refractivity (Wildman–Crippen MR) is 97.7 cm³/mol. The van der Waals surface area contributed by atoms with Crippen molar-refractivity contribution < 1.29 is 17.5 Å². The number of hydrogen-bond acceptors (Lipinski definition) is 7. The molecule has 8 nitrogen and oxygen atoms in total. The van der Waals surface area contributed by atoms with Crippen molar-refractivity contribution in [3.63, 3.8) is 0 Å². The Hall–Kier alpha value is -1.69. The van der Waals surface area contributed by atoms with Crippen LogP contribution in [0, 0.1) is 5.82 Å². The van der Waals surface area contributed by atoms with Crippen LogP contribution in [0.5, 0.6) is 0 Å². The van der Waals surface area contributed by atoms with E-state index in [9.17, 15) is 12.8 Å². The van der Waals surface area contributed by atoms with Gasteiger partial charge >= 0.3 is 0 Å². The number of primary sulfonamides is 1. The molecule has 2 heterocycles. The molecule has 142 valence electrons. The lowest BCUT2D eigenvalue weighted by molar-refractivity contribution is 0.122. The van der Waals surface area contributed by atoms with Gasteiger partial charge in [0.25, 0.3) is 0 Å². The van der Waals surface area contributed by atoms with Crippen molar-refractivity contribution in [1.82, 2.24) is 14.8 Å². The number of ether oxygens (including phenoxy) is 1. The van der Waals surface area contributed by atoms with Gasteiger partial charge in [0.2, 0.25) is 16.0 Å². The molecular formula is C15H20FN5O3S2. The molecule has 1 aliphatic rings. The third-order valence-electron chi connectivity index (χ3n) is 3.78. The van der Waals surface area contributed by atoms with E-state index in [2.05, 4.69) is 10.2 Å². The summed E-state index contributed by atoms with van der Waals surface area (Å²) in [6, 6.07) is 6.21. The van der Waals surface area contributed by atoms with E-state index < -0.39 is 10.0 Å². The van der Waals surface area contributed by atoms with Crippen LogP contribution >= 0.6 is 11.8 Å². The minimum absolute atomic E-state index is 0.0928. The summed E-state index contributed by atoms with van der Waals surface area (Å²) in [7, 11) is -3.49. The van der Waals surface area contributed by atoms with Crippen molar-refractivity contribution in [3.8, 4) is 5.69 Å². The molecule has 0 spiro atoms. The smallest absolute Gasteiger partial charge is 0.232 e. The first kappa shape index (κ1) is 19.1. The molecule has 1 saturated heterocycles. The van der Waals surface area contributed by atoms with Gasteiger partial charge in [-0.05, 0) is 24.6 Å². The van der Waals surface area contributed by atoms with E-state index in [1.807, 2.05) is 4.90 Å². The third-order valence-corrected chi connectivity index (χ3v) is 5.65. The Bertz CT molecular complexity index is 853. The lowest BCUT2D eigenvalue weighted by Crippen LogP contribution is -2.37. The Balaban J connectivity index is 1.85. The van der Waals surface area contributed by atoms with Crippen LogP contribution < -0.4 is 10.0 Å². The van der Waals surface area contributed by atoms with Crippen LogP contribution in [-0.2, 0) is 14.8 Å². The number of hydrogen-bond donors (Lipinski definition) is 1. The number of anilines is 1. The molecule has 11 heteroatoms. The van der Waals surface area contributed by atoms with Gasteiger partial charge in [-0.2, -0.15) is 0 Å². The van der Waals surface area contributed by atoms with Crippen LogP contribution in [0.3, 0.4) is 0 Å². The van der Waals surface area contributed by atoms with Crippen LogP contribution in [0.25, 0.3) is 5.69 Å². The number of thioether (sulfide) groups is 1. The molecule has 0 unspecified atom stereocenters. The summed E-state index contributed by atoms with van der Waals surface area (Å²) in [6.07, 6.45) is 0.395. The highest BCUT2D eigenvalue weighted by Gasteiger charge is 2.22. The number of aromatic nitrogens is 3. The van der Waals surface area contributed by atoms with Gasteiger partial charge in [-0.15, -0.1) is 10.2 Å². The normalized spacial score (nSPS) is 15.4. The van der Waals surface area contributed by atoms with Crippen molar-refractivity contribution in [1.29, 1.82) is 0 Å². The zero-order chi connectivity index (χ0) is 18.6. The van der Waals surface area contributed by atoms with E-state index in [4.69, 9.17) is 9.88 Å². The number of halogens is 1. The number of nitrogens with two attached hydrogens (primary N) is 1. The topological polar surface area (TPSA) is 103 Å². The summed E-state index contributed by atoms with van der Waals surface area (Å²) < 4.78 is 43.0. The Morgan fingerprint density at radius 2 is 2.04 bits per heavy atom. The summed E-state index contributed by atoms with van der Waals surface area (Å²) >= 11 is 1.36. The molecule has 0 saturated carbocycles. The van der Waals surface area contributed by atoms with Crippen LogP contribution in [0.2, 0.25) is 0 Å². The first-order valence-corrected chi connectivity index (χ1v) is 10.8. The molecule has 1 fully saturated rings. The maximum absolute atomic E-state index is 13.7. The van der Waals surface area contributed by atoms with Crippen LogP contribution in [0.4, 0.5) is 10.3 Å². The van der Waals surface area contributed by atoms with Crippen LogP contribution in [0.1, 0.15) is 6.42 Å². The van der Waals surface area contributed by atoms with E-state index in [1.165, 1.54) is 23.9 Å². The fourth-order valence-electron chi connectivity index (χ4n) is 2.59. The van der Waals surface area contributed by atoms with Crippen LogP contribution in [-0.4, -0.2) is 61.0 Å². The quantitative estimate of drug-likeness (QED) is 0.545. The molecule has 2 aromatic rings. The molecule has 2 N–H and O–H groups in total. The molecule has 1 aromatic heterocycles. The second-order valence-electron chi connectivity index (χ2n) is 5.77. The molecule has 0 amide bonds. The first-order valence-electron chi connectivity index (χ1n) is 8.11. The summed E-state index contributed by atoms with van der Waals surface area (Å²) in [5, 5.41) is 14.1. The highest BCUT2D eigenvalue weighted by atomic mass is 32.2. The minimum atomic E-state index is -3.49. The summed E-state index contributed by atoms with van der Waals surface area (Å²) in [6.45, 7) is 2.52. The fraction of sp³-hybridized carbons (Fsp3) is 0.467. The number of benzene rings is 1. The van der Waals surface area contributed by atoms with Gasteiger partial charge in [0.05, 0.1) is 24.7 Å². The van der Waals surface area contributed by atoms with Crippen molar-refractivity contribution >= 4 is 27.7 Å². The maximum Gasteiger partial charge on any atom is 0.232 e. The standard InChI is InChI=1S/C15H20FN5O3S2/c16-12-3-1-4-13(11-12)21-14(20-5-7-24-8-6-20)18-19-15(21)25-9-2-10-26(17,22)23/h1,3-4,11H,2,5-10H2,(H2,17,22,23). The van der Waals surface area contributed by atoms with Gasteiger partial charge in [0, 0.05) is 18.8 Å². The van der Waals surface area contributed by atoms with Gasteiger partial charge < -0.3 is 9.64 Å². The molecule has 1 aliphatic heterocycles. The van der Waals surface area contributed by atoms with Crippen molar-refractivity contribution in [2.24, 2.45) is 5.14 Å². The van der Waals surface area contributed by atoms with E-state index in [0.29, 0.717) is 55.3 Å². The number of morpholine rings is 1. The number of nitrogens with zero attached hydrogens (tertiary/aromatic N) is 4. The van der Waals surface area contributed by atoms with Gasteiger partial charge in [-0.1, -0.05) is 17.8 Å². The van der Waals surface area contributed by atoms with Gasteiger partial charge in [-0.3, -0.25) is 4.57 Å². The summed E-state index contributed by atoms with van der Waals surface area (Å²) in [4.78, 5) is 2.04. The second-order valence-corrected chi connectivity index (χ2v) is 8.56. The van der Waals surface area contributed by atoms with E-state index >= 15 is 0 Å². The zero-order valence-corrected chi connectivity index (χ0v) is 15.7. The zero-order valence-electron chi connectivity index (χ0n) is 14.0. The average molecular weight is 401 g/mol. The first-order chi connectivity index (χ1) is 12.4. The monoisotopic (exact) mass is 401 g/mol. The SMILES string of the molecule is NS(=O)(=O)CCCSc1nnc(N2CCOCC2)n1-c1cccc(F)c1. The van der Waals surface area contributed by atoms with E-state index in [0.717, 1.165) is 0 Å². The molecule has 0 radical (unpaired) electrons. The lowest BCUT2D eigenvalue weighted by Gasteiger charge is -2.27. The van der Waals surface area contributed by atoms with Crippen molar-refractivity contribution in [2.45, 2.75) is 11.6 Å². The average Bonchev–Trinajstić information content (AvgIpc) is 3.02. The van der Waals surface area contributed by atoms with Crippen molar-refractivity contribution in [3.05, 3.63) is 30.1 Å². The van der Waals surface area contributed by atoms with E-state index in [-0.39, 0.29) is 11.6 Å². The molecule has 3 rings (SSSR count). The number of rotatable bonds is 7. The molecule has 0 atom stereocenters. The molecule has 0 aliphatic carbocycles. The summed E-state index contributed by atoms with van der Waals surface area (Å²) in [5.41, 5.74) is 0.616. The molecular weight excluding hydrogens is 381 g/mol. The molecule has 26 heavy (non-hydrogen) atoms. The Kier molecular flexibility index (Phi) is 6.12. The Morgan fingerprint density at radius 3 is 2.73 bits per heavy atom.